The molecule has 22 heavy (non-hydrogen) atoms. The topological polar surface area (TPSA) is 43.8 Å². The van der Waals surface area contributed by atoms with Gasteiger partial charge in [0.2, 0.25) is 0 Å². The van der Waals surface area contributed by atoms with Crippen LogP contribution in [0.5, 0.6) is 0 Å². The Balaban J connectivity index is 1.91. The van der Waals surface area contributed by atoms with Crippen LogP contribution in [-0.4, -0.2) is 47.1 Å². The lowest BCUT2D eigenvalue weighted by molar-refractivity contribution is 0.0609. The van der Waals surface area contributed by atoms with Gasteiger partial charge in [0.25, 0.3) is 0 Å². The van der Waals surface area contributed by atoms with Crippen LogP contribution in [0.2, 0.25) is 5.02 Å². The number of urea groups is 1. The van der Waals surface area contributed by atoms with E-state index in [9.17, 15) is 9.90 Å². The Morgan fingerprint density at radius 1 is 1.27 bits per heavy atom. The van der Waals surface area contributed by atoms with Gasteiger partial charge in [-0.05, 0) is 50.3 Å². The van der Waals surface area contributed by atoms with Crippen molar-refractivity contribution < 1.29 is 9.90 Å². The van der Waals surface area contributed by atoms with E-state index in [0.29, 0.717) is 18.1 Å². The number of hydrogen-bond acceptors (Lipinski definition) is 2. The molecule has 1 aliphatic heterocycles. The van der Waals surface area contributed by atoms with E-state index in [1.54, 1.807) is 12.1 Å². The number of aliphatic hydroxyl groups is 1. The molecule has 1 fully saturated rings. The molecule has 0 spiro atoms. The first-order chi connectivity index (χ1) is 10.6. The highest BCUT2D eigenvalue weighted by molar-refractivity contribution is 6.30. The van der Waals surface area contributed by atoms with Gasteiger partial charge in [0, 0.05) is 31.2 Å². The van der Waals surface area contributed by atoms with Crippen molar-refractivity contribution in [1.29, 1.82) is 0 Å². The zero-order valence-electron chi connectivity index (χ0n) is 13.3. The maximum Gasteiger partial charge on any atom is 0.319 e. The fourth-order valence-electron chi connectivity index (χ4n) is 3.03. The van der Waals surface area contributed by atoms with Gasteiger partial charge in [-0.3, -0.25) is 0 Å². The highest BCUT2D eigenvalue weighted by Gasteiger charge is 2.29. The Labute approximate surface area is 137 Å². The van der Waals surface area contributed by atoms with Gasteiger partial charge in [0.1, 0.15) is 0 Å². The lowest BCUT2D eigenvalue weighted by Crippen LogP contribution is -2.47. The maximum atomic E-state index is 12.3. The number of rotatable bonds is 4. The standard InChI is InChI=1S/C17H25ClN2O2/c1-3-19(4-2)17(22)20-11-9-14(10-12-20)16(21)13-5-7-15(18)8-6-13/h5-8,14,16,21H,3-4,9-12H2,1-2H3. The van der Waals surface area contributed by atoms with E-state index in [2.05, 4.69) is 0 Å². The van der Waals surface area contributed by atoms with Gasteiger partial charge in [-0.25, -0.2) is 4.79 Å². The normalized spacial score (nSPS) is 17.4. The zero-order chi connectivity index (χ0) is 16.1. The van der Waals surface area contributed by atoms with Crippen LogP contribution in [0, 0.1) is 5.92 Å². The van der Waals surface area contributed by atoms with E-state index in [1.165, 1.54) is 0 Å². The Morgan fingerprint density at radius 2 is 1.82 bits per heavy atom. The Bertz CT molecular complexity index is 480. The molecule has 0 radical (unpaired) electrons. The van der Waals surface area contributed by atoms with Crippen LogP contribution in [0.4, 0.5) is 4.79 Å². The van der Waals surface area contributed by atoms with Crippen LogP contribution in [0.15, 0.2) is 24.3 Å². The predicted molar refractivity (Wildman–Crippen MR) is 89.0 cm³/mol. The molecule has 1 unspecified atom stereocenters. The summed E-state index contributed by atoms with van der Waals surface area (Å²) in [4.78, 5) is 16.1. The molecule has 1 N–H and O–H groups in total. The summed E-state index contributed by atoms with van der Waals surface area (Å²) in [5, 5.41) is 11.2. The first-order valence-corrected chi connectivity index (χ1v) is 8.42. The number of benzene rings is 1. The van der Waals surface area contributed by atoms with E-state index in [0.717, 1.165) is 31.5 Å². The van der Waals surface area contributed by atoms with Crippen molar-refractivity contribution in [3.63, 3.8) is 0 Å². The third-order valence-corrected chi connectivity index (χ3v) is 4.75. The average Bonchev–Trinajstić information content (AvgIpc) is 2.56. The molecular formula is C17H25ClN2O2. The molecule has 1 saturated heterocycles. The Morgan fingerprint density at radius 3 is 2.32 bits per heavy atom. The summed E-state index contributed by atoms with van der Waals surface area (Å²) in [5.41, 5.74) is 0.901. The molecule has 1 aromatic carbocycles. The third kappa shape index (κ3) is 3.93. The number of carbonyl (C=O) groups is 1. The Kier molecular flexibility index (Phi) is 6.09. The van der Waals surface area contributed by atoms with Crippen molar-refractivity contribution in [2.24, 2.45) is 5.92 Å². The molecular weight excluding hydrogens is 300 g/mol. The molecule has 4 nitrogen and oxygen atoms in total. The summed E-state index contributed by atoms with van der Waals surface area (Å²) in [5.74, 6) is 0.196. The summed E-state index contributed by atoms with van der Waals surface area (Å²) in [6.07, 6.45) is 1.18. The number of hydrogen-bond donors (Lipinski definition) is 1. The van der Waals surface area contributed by atoms with E-state index in [1.807, 2.05) is 35.8 Å². The van der Waals surface area contributed by atoms with E-state index >= 15 is 0 Å². The fourth-order valence-corrected chi connectivity index (χ4v) is 3.16. The van der Waals surface area contributed by atoms with Crippen molar-refractivity contribution in [3.05, 3.63) is 34.9 Å². The highest BCUT2D eigenvalue weighted by Crippen LogP contribution is 2.31. The van der Waals surface area contributed by atoms with Crippen molar-refractivity contribution >= 4 is 17.6 Å². The molecule has 2 rings (SSSR count). The minimum Gasteiger partial charge on any atom is -0.388 e. The van der Waals surface area contributed by atoms with Crippen molar-refractivity contribution in [2.45, 2.75) is 32.8 Å². The van der Waals surface area contributed by atoms with Gasteiger partial charge in [-0.1, -0.05) is 23.7 Å². The van der Waals surface area contributed by atoms with Crippen molar-refractivity contribution in [1.82, 2.24) is 9.80 Å². The van der Waals surface area contributed by atoms with Gasteiger partial charge in [-0.2, -0.15) is 0 Å². The number of carbonyl (C=O) groups excluding carboxylic acids is 1. The zero-order valence-corrected chi connectivity index (χ0v) is 14.1. The molecule has 2 amide bonds. The molecule has 1 heterocycles. The lowest BCUT2D eigenvalue weighted by atomic mass is 9.87. The van der Waals surface area contributed by atoms with Gasteiger partial charge in [-0.15, -0.1) is 0 Å². The number of amides is 2. The first-order valence-electron chi connectivity index (χ1n) is 8.04. The molecule has 0 saturated carbocycles. The maximum absolute atomic E-state index is 12.3. The van der Waals surface area contributed by atoms with Gasteiger partial charge >= 0.3 is 6.03 Å². The Hall–Kier alpha value is -1.26. The minimum absolute atomic E-state index is 0.115. The van der Waals surface area contributed by atoms with Crippen molar-refractivity contribution in [2.75, 3.05) is 26.2 Å². The molecule has 1 aliphatic rings. The quantitative estimate of drug-likeness (QED) is 0.920. The summed E-state index contributed by atoms with van der Waals surface area (Å²) >= 11 is 5.88. The van der Waals surface area contributed by atoms with Crippen LogP contribution in [0.25, 0.3) is 0 Å². The smallest absolute Gasteiger partial charge is 0.319 e. The number of halogens is 1. The number of piperidine rings is 1. The molecule has 0 bridgehead atoms. The van der Waals surface area contributed by atoms with E-state index < -0.39 is 6.10 Å². The van der Waals surface area contributed by atoms with Crippen LogP contribution >= 0.6 is 11.6 Å². The summed E-state index contributed by atoms with van der Waals surface area (Å²) in [6.45, 7) is 6.90. The monoisotopic (exact) mass is 324 g/mol. The molecule has 0 aromatic heterocycles. The molecule has 0 aliphatic carbocycles. The van der Waals surface area contributed by atoms with Gasteiger partial charge in [0.05, 0.1) is 6.10 Å². The van der Waals surface area contributed by atoms with E-state index in [4.69, 9.17) is 11.6 Å². The predicted octanol–water partition coefficient (Wildman–Crippen LogP) is 3.55. The van der Waals surface area contributed by atoms with Crippen LogP contribution in [0.3, 0.4) is 0 Å². The SMILES string of the molecule is CCN(CC)C(=O)N1CCC(C(O)c2ccc(Cl)cc2)CC1. The van der Waals surface area contributed by atoms with Gasteiger partial charge in [0.15, 0.2) is 0 Å². The number of nitrogens with zero attached hydrogens (tertiary/aromatic N) is 2. The summed E-state index contributed by atoms with van der Waals surface area (Å²) < 4.78 is 0. The molecule has 1 aromatic rings. The van der Waals surface area contributed by atoms with Crippen molar-refractivity contribution in [3.8, 4) is 0 Å². The number of likely N-dealkylation sites (tertiary alicyclic amines) is 1. The lowest BCUT2D eigenvalue weighted by Gasteiger charge is -2.36. The number of aliphatic hydroxyl groups excluding tert-OH is 1. The minimum atomic E-state index is -0.483. The highest BCUT2D eigenvalue weighted by atomic mass is 35.5. The first kappa shape index (κ1) is 17.1. The fraction of sp³-hybridized carbons (Fsp3) is 0.588. The summed E-state index contributed by atoms with van der Waals surface area (Å²) in [6, 6.07) is 7.48. The average molecular weight is 325 g/mol. The second-order valence-electron chi connectivity index (χ2n) is 5.78. The second-order valence-corrected chi connectivity index (χ2v) is 6.21. The van der Waals surface area contributed by atoms with Gasteiger partial charge < -0.3 is 14.9 Å². The van der Waals surface area contributed by atoms with Crippen LogP contribution < -0.4 is 0 Å². The largest absolute Gasteiger partial charge is 0.388 e. The molecule has 1 atom stereocenters. The van der Waals surface area contributed by atoms with Crippen LogP contribution in [-0.2, 0) is 0 Å². The molecule has 122 valence electrons. The van der Waals surface area contributed by atoms with Crippen LogP contribution in [0.1, 0.15) is 38.4 Å². The van der Waals surface area contributed by atoms with E-state index in [-0.39, 0.29) is 11.9 Å². The summed E-state index contributed by atoms with van der Waals surface area (Å²) in [7, 11) is 0. The third-order valence-electron chi connectivity index (χ3n) is 4.50. The second kappa shape index (κ2) is 7.84. The molecule has 5 heteroatoms.